The van der Waals surface area contributed by atoms with Crippen LogP contribution in [0.15, 0.2) is 71.8 Å². The normalized spacial score (nSPS) is 15.9. The van der Waals surface area contributed by atoms with Crippen molar-refractivity contribution in [3.05, 3.63) is 82.9 Å². The van der Waals surface area contributed by atoms with Crippen LogP contribution in [0, 0.1) is 0 Å². The molecule has 0 fully saturated rings. The fourth-order valence-electron chi connectivity index (χ4n) is 4.52. The van der Waals surface area contributed by atoms with E-state index in [0.717, 1.165) is 0 Å². The Morgan fingerprint density at radius 3 is 2.04 bits per heavy atom. The second-order valence-electron chi connectivity index (χ2n) is 8.08. The first-order valence-corrected chi connectivity index (χ1v) is 11.4. The number of hydrogen-bond acceptors (Lipinski definition) is 0. The molecule has 0 saturated heterocycles. The van der Waals surface area contributed by atoms with E-state index in [9.17, 15) is 0 Å². The number of rotatable bonds is 10. The fourth-order valence-corrected chi connectivity index (χ4v) is 4.52. The smallest absolute Gasteiger partial charge is 0.0157 e. The van der Waals surface area contributed by atoms with Crippen LogP contribution in [0.5, 0.6) is 0 Å². The Balaban J connectivity index is 2.05. The summed E-state index contributed by atoms with van der Waals surface area (Å²) in [4.78, 5) is 0. The maximum atomic E-state index is 2.31. The zero-order chi connectivity index (χ0) is 19.6. The van der Waals surface area contributed by atoms with Gasteiger partial charge in [0, 0.05) is 0 Å². The highest BCUT2D eigenvalue weighted by molar-refractivity contribution is 5.92. The van der Waals surface area contributed by atoms with E-state index in [-0.39, 0.29) is 0 Å². The van der Waals surface area contributed by atoms with Crippen molar-refractivity contribution in [3.8, 4) is 0 Å². The largest absolute Gasteiger partial charge is 0.0654 e. The first kappa shape index (κ1) is 20.6. The highest BCUT2D eigenvalue weighted by Gasteiger charge is 2.24. The zero-order valence-electron chi connectivity index (χ0n) is 17.8. The topological polar surface area (TPSA) is 0 Å². The molecule has 0 saturated carbocycles. The van der Waals surface area contributed by atoms with E-state index in [1.807, 2.05) is 0 Å². The summed E-state index contributed by atoms with van der Waals surface area (Å²) in [6.07, 6.45) is 12.8. The van der Waals surface area contributed by atoms with Crippen molar-refractivity contribution in [2.75, 3.05) is 0 Å². The lowest BCUT2D eigenvalue weighted by atomic mass is 9.88. The van der Waals surface area contributed by atoms with Crippen LogP contribution in [0.4, 0.5) is 0 Å². The molecule has 0 heteroatoms. The lowest BCUT2D eigenvalue weighted by Gasteiger charge is -2.17. The van der Waals surface area contributed by atoms with Crippen molar-refractivity contribution < 1.29 is 0 Å². The molecule has 0 radical (unpaired) electrons. The van der Waals surface area contributed by atoms with E-state index >= 15 is 0 Å². The van der Waals surface area contributed by atoms with Gasteiger partial charge in [0.15, 0.2) is 0 Å². The molecule has 0 heterocycles. The first-order chi connectivity index (χ1) is 13.8. The van der Waals surface area contributed by atoms with Gasteiger partial charge in [-0.2, -0.15) is 0 Å². The molecule has 0 aliphatic heterocycles. The molecule has 1 aliphatic carbocycles. The van der Waals surface area contributed by atoms with Gasteiger partial charge in [0.2, 0.25) is 0 Å². The summed E-state index contributed by atoms with van der Waals surface area (Å²) in [5.74, 6) is 0. The van der Waals surface area contributed by atoms with Gasteiger partial charge < -0.3 is 0 Å². The van der Waals surface area contributed by atoms with Crippen LogP contribution >= 0.6 is 0 Å². The molecule has 3 rings (SSSR count). The molecule has 2 aromatic carbocycles. The molecule has 1 aliphatic rings. The summed E-state index contributed by atoms with van der Waals surface area (Å²) in [6, 6.07) is 22.3. The van der Waals surface area contributed by atoms with Crippen LogP contribution in [-0.2, 0) is 0 Å². The van der Waals surface area contributed by atoms with Gasteiger partial charge in [-0.25, -0.2) is 0 Å². The fraction of sp³-hybridized carbons (Fsp3) is 0.429. The van der Waals surface area contributed by atoms with Crippen LogP contribution in [0.3, 0.4) is 0 Å². The zero-order valence-corrected chi connectivity index (χ0v) is 17.8. The minimum absolute atomic E-state index is 1.20. The second kappa shape index (κ2) is 11.1. The maximum Gasteiger partial charge on any atom is -0.0157 e. The SMILES string of the molecule is CCCCCC1=C(c2ccccc2)/C(=C(\CCCCC)c2ccccc2)CC1. The monoisotopic (exact) mass is 372 g/mol. The van der Waals surface area contributed by atoms with Gasteiger partial charge in [0.25, 0.3) is 0 Å². The van der Waals surface area contributed by atoms with E-state index in [4.69, 9.17) is 0 Å². The molecule has 0 aromatic heterocycles. The van der Waals surface area contributed by atoms with E-state index in [2.05, 4.69) is 74.5 Å². The predicted molar refractivity (Wildman–Crippen MR) is 124 cm³/mol. The Morgan fingerprint density at radius 2 is 1.36 bits per heavy atom. The summed E-state index contributed by atoms with van der Waals surface area (Å²) in [6.45, 7) is 4.60. The summed E-state index contributed by atoms with van der Waals surface area (Å²) < 4.78 is 0. The first-order valence-electron chi connectivity index (χ1n) is 11.4. The van der Waals surface area contributed by atoms with Gasteiger partial charge in [-0.1, -0.05) is 106 Å². The van der Waals surface area contributed by atoms with Gasteiger partial charge >= 0.3 is 0 Å². The van der Waals surface area contributed by atoms with Crippen molar-refractivity contribution in [2.45, 2.75) is 78.1 Å². The van der Waals surface area contributed by atoms with Crippen LogP contribution in [0.25, 0.3) is 11.1 Å². The minimum atomic E-state index is 1.20. The van der Waals surface area contributed by atoms with Crippen molar-refractivity contribution in [2.24, 2.45) is 0 Å². The molecular weight excluding hydrogens is 336 g/mol. The molecule has 0 nitrogen and oxygen atoms in total. The molecule has 0 unspecified atom stereocenters. The Hall–Kier alpha value is -2.08. The Kier molecular flexibility index (Phi) is 8.15. The molecule has 0 atom stereocenters. The van der Waals surface area contributed by atoms with Gasteiger partial charge in [0.05, 0.1) is 0 Å². The van der Waals surface area contributed by atoms with E-state index in [1.165, 1.54) is 75.3 Å². The molecule has 28 heavy (non-hydrogen) atoms. The Morgan fingerprint density at radius 1 is 0.714 bits per heavy atom. The molecular formula is C28H36. The molecule has 0 spiro atoms. The van der Waals surface area contributed by atoms with Crippen LogP contribution in [0.1, 0.15) is 89.2 Å². The predicted octanol–water partition coefficient (Wildman–Crippen LogP) is 8.85. The standard InChI is InChI=1S/C28H36/c1-3-5-9-17-25-21-22-27(28(25)24-18-13-8-14-19-24)26(20-10-6-4-2)23-15-11-7-12-16-23/h7-8,11-16,18-19H,3-6,9-10,17,20-22H2,1-2H3/b27-26+. The highest BCUT2D eigenvalue weighted by Crippen LogP contribution is 2.45. The summed E-state index contributed by atoms with van der Waals surface area (Å²) >= 11 is 0. The van der Waals surface area contributed by atoms with Crippen molar-refractivity contribution >= 4 is 11.1 Å². The third-order valence-electron chi connectivity index (χ3n) is 5.99. The van der Waals surface area contributed by atoms with Gasteiger partial charge in [-0.05, 0) is 66.4 Å². The Labute approximate surface area is 172 Å². The van der Waals surface area contributed by atoms with E-state index in [1.54, 1.807) is 22.3 Å². The molecule has 148 valence electrons. The quantitative estimate of drug-likeness (QED) is 0.365. The maximum absolute atomic E-state index is 2.31. The number of benzene rings is 2. The van der Waals surface area contributed by atoms with Crippen molar-refractivity contribution in [3.63, 3.8) is 0 Å². The summed E-state index contributed by atoms with van der Waals surface area (Å²) in [5, 5.41) is 0. The summed E-state index contributed by atoms with van der Waals surface area (Å²) in [7, 11) is 0. The van der Waals surface area contributed by atoms with Crippen LogP contribution < -0.4 is 0 Å². The number of allylic oxidation sites excluding steroid dienone is 4. The van der Waals surface area contributed by atoms with Crippen LogP contribution in [0.2, 0.25) is 0 Å². The van der Waals surface area contributed by atoms with Crippen molar-refractivity contribution in [1.82, 2.24) is 0 Å². The highest BCUT2D eigenvalue weighted by atomic mass is 14.3. The van der Waals surface area contributed by atoms with Gasteiger partial charge in [-0.3, -0.25) is 0 Å². The lowest BCUT2D eigenvalue weighted by molar-refractivity contribution is 0.703. The molecule has 0 N–H and O–H groups in total. The van der Waals surface area contributed by atoms with Crippen LogP contribution in [-0.4, -0.2) is 0 Å². The Bertz CT molecular complexity index is 777. The number of unbranched alkanes of at least 4 members (excludes halogenated alkanes) is 4. The number of hydrogen-bond donors (Lipinski definition) is 0. The second-order valence-corrected chi connectivity index (χ2v) is 8.08. The van der Waals surface area contributed by atoms with E-state index in [0.29, 0.717) is 0 Å². The average Bonchev–Trinajstić information content (AvgIpc) is 3.16. The molecule has 0 amide bonds. The minimum Gasteiger partial charge on any atom is -0.0654 e. The lowest BCUT2D eigenvalue weighted by Crippen LogP contribution is -1.95. The average molecular weight is 373 g/mol. The van der Waals surface area contributed by atoms with E-state index < -0.39 is 0 Å². The van der Waals surface area contributed by atoms with Gasteiger partial charge in [0.1, 0.15) is 0 Å². The molecule has 0 bridgehead atoms. The molecule has 2 aromatic rings. The third kappa shape index (κ3) is 5.25. The summed E-state index contributed by atoms with van der Waals surface area (Å²) in [5.41, 5.74) is 9.34. The van der Waals surface area contributed by atoms with Gasteiger partial charge in [-0.15, -0.1) is 0 Å². The van der Waals surface area contributed by atoms with Crippen molar-refractivity contribution in [1.29, 1.82) is 0 Å². The third-order valence-corrected chi connectivity index (χ3v) is 5.99.